The van der Waals surface area contributed by atoms with Gasteiger partial charge in [-0.1, -0.05) is 115 Å². The fourth-order valence-electron chi connectivity index (χ4n) is 8.17. The number of rotatable bonds is 4. The highest BCUT2D eigenvalue weighted by Crippen LogP contribution is 2.43. The van der Waals surface area contributed by atoms with Crippen molar-refractivity contribution in [2.45, 2.75) is 0 Å². The summed E-state index contributed by atoms with van der Waals surface area (Å²) in [6, 6.07) is 53.5. The molecule has 0 aliphatic heterocycles. The molecule has 0 amide bonds. The molecule has 238 valence electrons. The summed E-state index contributed by atoms with van der Waals surface area (Å²) in [7, 11) is 0. The van der Waals surface area contributed by atoms with Crippen LogP contribution in [0.15, 0.2) is 188 Å². The largest absolute Gasteiger partial charge is 0.309 e. The number of hydrogen-bond donors (Lipinski definition) is 0. The molecule has 3 heteroatoms. The highest BCUT2D eigenvalue weighted by molar-refractivity contribution is 6.24. The van der Waals surface area contributed by atoms with Gasteiger partial charge < -0.3 is 13.7 Å². The van der Waals surface area contributed by atoms with E-state index in [-0.39, 0.29) is 29.9 Å². The predicted octanol–water partition coefficient (Wildman–Crippen LogP) is 12.6. The first-order valence-corrected chi connectivity index (χ1v) is 17.1. The van der Waals surface area contributed by atoms with Crippen molar-refractivity contribution in [3.8, 4) is 28.2 Å². The first-order valence-electron chi connectivity index (χ1n) is 19.6. The van der Waals surface area contributed by atoms with Gasteiger partial charge in [-0.2, -0.15) is 0 Å². The molecule has 3 heterocycles. The lowest BCUT2D eigenvalue weighted by atomic mass is 10.0. The number of nitrogens with zero attached hydrogens (tertiary/aromatic N) is 3. The molecule has 3 aromatic heterocycles. The molecule has 0 radical (unpaired) electrons. The third-order valence-electron chi connectivity index (χ3n) is 10.3. The minimum Gasteiger partial charge on any atom is -0.309 e. The van der Waals surface area contributed by atoms with E-state index in [2.05, 4.69) is 137 Å². The monoisotopic (exact) mass is 654 g/mol. The molecule has 0 unspecified atom stereocenters. The Bertz CT molecular complexity index is 3390. The molecule has 11 rings (SSSR count). The summed E-state index contributed by atoms with van der Waals surface area (Å²) >= 11 is 0. The van der Waals surface area contributed by atoms with Gasteiger partial charge in [-0.25, -0.2) is 0 Å². The van der Waals surface area contributed by atoms with Crippen LogP contribution in [0.4, 0.5) is 0 Å². The molecular weight excluding hydrogens is 619 g/mol. The molecule has 0 atom stereocenters. The lowest BCUT2D eigenvalue weighted by molar-refractivity contribution is 1.15. The summed E-state index contributed by atoms with van der Waals surface area (Å²) in [5.74, 6) is 0. The zero-order valence-corrected chi connectivity index (χ0v) is 27.4. The highest BCUT2D eigenvalue weighted by Gasteiger charge is 2.22. The molecule has 11 aromatic rings. The van der Waals surface area contributed by atoms with Crippen LogP contribution >= 0.6 is 0 Å². The van der Waals surface area contributed by atoms with Gasteiger partial charge >= 0.3 is 0 Å². The van der Waals surface area contributed by atoms with Gasteiger partial charge in [-0.15, -0.1) is 0 Å². The molecule has 0 N–H and O–H groups in total. The third-order valence-corrected chi connectivity index (χ3v) is 10.3. The smallest absolute Gasteiger partial charge is 0.0788 e. The van der Waals surface area contributed by atoms with Gasteiger partial charge in [0.25, 0.3) is 0 Å². The van der Waals surface area contributed by atoms with Crippen LogP contribution < -0.4 is 0 Å². The van der Waals surface area contributed by atoms with E-state index in [4.69, 9.17) is 6.85 Å². The fraction of sp³-hybridized carbons (Fsp3) is 0. The van der Waals surface area contributed by atoms with Crippen LogP contribution in [-0.4, -0.2) is 13.7 Å². The molecule has 0 aliphatic rings. The Labute approximate surface area is 301 Å². The summed E-state index contributed by atoms with van der Waals surface area (Å²) < 4.78 is 49.1. The molecule has 0 saturated heterocycles. The van der Waals surface area contributed by atoms with Gasteiger partial charge in [0.15, 0.2) is 0 Å². The van der Waals surface area contributed by atoms with Crippen molar-refractivity contribution < 1.29 is 6.85 Å². The van der Waals surface area contributed by atoms with Crippen molar-refractivity contribution in [2.24, 2.45) is 0 Å². The third kappa shape index (κ3) is 4.06. The van der Waals surface area contributed by atoms with Crippen LogP contribution in [0.5, 0.6) is 0 Å². The van der Waals surface area contributed by atoms with Crippen molar-refractivity contribution in [3.63, 3.8) is 0 Å². The number of aromatic nitrogens is 3. The highest BCUT2D eigenvalue weighted by atomic mass is 15.0. The van der Waals surface area contributed by atoms with E-state index in [0.717, 1.165) is 77.1 Å². The number of para-hydroxylation sites is 5. The summed E-state index contributed by atoms with van der Waals surface area (Å²) in [6.45, 7) is 0. The van der Waals surface area contributed by atoms with E-state index in [9.17, 15) is 0 Å². The second-order valence-corrected chi connectivity index (χ2v) is 13.0. The SMILES string of the molecule is [2H]c1c([2H])c([2H])c(-n2c3ccccc3c3cc(-c4ccc5c(c4)c4ccc6c7ccccc7n(-c7ccccc7)c6c4n5-c4ccccc4)ccc32)c([2H])c1[2H]. The Morgan fingerprint density at radius 3 is 1.33 bits per heavy atom. The second kappa shape index (κ2) is 10.8. The van der Waals surface area contributed by atoms with Crippen molar-refractivity contribution >= 4 is 65.4 Å². The van der Waals surface area contributed by atoms with Gasteiger partial charge in [-0.05, 0) is 83.9 Å². The molecule has 0 fully saturated rings. The molecule has 0 spiro atoms. The maximum atomic E-state index is 8.79. The first-order chi connectivity index (χ1) is 27.4. The Kier molecular flexibility index (Phi) is 4.99. The maximum Gasteiger partial charge on any atom is 0.0788 e. The van der Waals surface area contributed by atoms with Crippen LogP contribution in [0, 0.1) is 0 Å². The molecule has 0 aliphatic carbocycles. The second-order valence-electron chi connectivity index (χ2n) is 13.0. The zero-order chi connectivity index (χ0) is 37.8. The van der Waals surface area contributed by atoms with Gasteiger partial charge in [0.2, 0.25) is 0 Å². The van der Waals surface area contributed by atoms with Crippen LogP contribution in [-0.2, 0) is 0 Å². The molecular formula is C48H31N3. The minimum atomic E-state index is -0.405. The Morgan fingerprint density at radius 2 is 0.745 bits per heavy atom. The first kappa shape index (κ1) is 23.5. The maximum absolute atomic E-state index is 8.79. The van der Waals surface area contributed by atoms with E-state index in [1.54, 1.807) is 0 Å². The summed E-state index contributed by atoms with van der Waals surface area (Å²) in [5.41, 5.74) is 10.5. The van der Waals surface area contributed by atoms with Crippen LogP contribution in [0.1, 0.15) is 6.85 Å². The van der Waals surface area contributed by atoms with Crippen molar-refractivity contribution in [3.05, 3.63) is 188 Å². The van der Waals surface area contributed by atoms with Gasteiger partial charge in [0.1, 0.15) is 0 Å². The van der Waals surface area contributed by atoms with Crippen molar-refractivity contribution in [1.82, 2.24) is 13.7 Å². The van der Waals surface area contributed by atoms with E-state index in [1.165, 1.54) is 10.8 Å². The molecule has 51 heavy (non-hydrogen) atoms. The van der Waals surface area contributed by atoms with Gasteiger partial charge in [0.05, 0.1) is 40.0 Å². The van der Waals surface area contributed by atoms with E-state index in [1.807, 2.05) is 34.9 Å². The number of fused-ring (bicyclic) bond motifs is 10. The summed E-state index contributed by atoms with van der Waals surface area (Å²) in [5, 5.41) is 6.56. The van der Waals surface area contributed by atoms with Gasteiger partial charge in [0, 0.05) is 49.4 Å². The summed E-state index contributed by atoms with van der Waals surface area (Å²) in [6.07, 6.45) is 0. The number of benzene rings is 8. The van der Waals surface area contributed by atoms with Crippen LogP contribution in [0.2, 0.25) is 0 Å². The van der Waals surface area contributed by atoms with Crippen molar-refractivity contribution in [2.75, 3.05) is 0 Å². The molecule has 8 aromatic carbocycles. The summed E-state index contributed by atoms with van der Waals surface area (Å²) in [4.78, 5) is 0. The van der Waals surface area contributed by atoms with Crippen molar-refractivity contribution in [1.29, 1.82) is 0 Å². The quantitative estimate of drug-likeness (QED) is 0.179. The topological polar surface area (TPSA) is 14.8 Å². The molecule has 0 bridgehead atoms. The standard InChI is InChI=1S/C48H31N3/c1-4-14-34(15-5-1)49-43-22-12-11-21-38(43)41-30-32(24-28-45(41)49)33-25-29-46-42(31-33)40-27-26-39-37-20-10-13-23-44(37)50(35-16-6-2-7-17-35)47(39)48(40)51(46)36-18-8-3-9-19-36/h1-31H/i1D,4D,5D,14D,15D. The molecule has 0 saturated carbocycles. The van der Waals surface area contributed by atoms with E-state index in [0.29, 0.717) is 0 Å². The van der Waals surface area contributed by atoms with Crippen LogP contribution in [0.25, 0.3) is 93.6 Å². The lowest BCUT2D eigenvalue weighted by Crippen LogP contribution is -1.98. The van der Waals surface area contributed by atoms with Crippen LogP contribution in [0.3, 0.4) is 0 Å². The average molecular weight is 655 g/mol. The Hall–Kier alpha value is -6.84. The normalized spacial score (nSPS) is 13.3. The fourth-order valence-corrected chi connectivity index (χ4v) is 8.17. The van der Waals surface area contributed by atoms with E-state index < -0.39 is 6.04 Å². The molecule has 3 nitrogen and oxygen atoms in total. The number of hydrogen-bond acceptors (Lipinski definition) is 0. The predicted molar refractivity (Wildman–Crippen MR) is 215 cm³/mol. The zero-order valence-electron chi connectivity index (χ0n) is 32.4. The average Bonchev–Trinajstić information content (AvgIpc) is 3.88. The Balaban J connectivity index is 1.20. The van der Waals surface area contributed by atoms with Gasteiger partial charge in [-0.3, -0.25) is 0 Å². The lowest BCUT2D eigenvalue weighted by Gasteiger charge is -2.12. The minimum absolute atomic E-state index is 0.143. The Morgan fingerprint density at radius 1 is 0.314 bits per heavy atom. The van der Waals surface area contributed by atoms with E-state index >= 15 is 0 Å².